The lowest BCUT2D eigenvalue weighted by molar-refractivity contribution is 0.209. The molecule has 0 atom stereocenters. The molecule has 2 heterocycles. The molecule has 0 radical (unpaired) electrons. The molecule has 5 heteroatoms. The molecule has 2 fully saturated rings. The second-order valence-corrected chi connectivity index (χ2v) is 8.16. The summed E-state index contributed by atoms with van der Waals surface area (Å²) in [6.07, 6.45) is 6.16. The predicted molar refractivity (Wildman–Crippen MR) is 104 cm³/mol. The minimum Gasteiger partial charge on any atom is -0.311 e. The highest BCUT2D eigenvalue weighted by Crippen LogP contribution is 2.39. The van der Waals surface area contributed by atoms with Gasteiger partial charge in [-0.2, -0.15) is 0 Å². The fourth-order valence-corrected chi connectivity index (χ4v) is 4.08. The van der Waals surface area contributed by atoms with Crippen molar-refractivity contribution in [3.8, 4) is 0 Å². The Hall–Kier alpha value is -1.72. The van der Waals surface area contributed by atoms with E-state index in [-0.39, 0.29) is 0 Å². The molecular formula is C21H31N5. The fourth-order valence-electron chi connectivity index (χ4n) is 4.08. The third-order valence-corrected chi connectivity index (χ3v) is 5.67. The first-order chi connectivity index (χ1) is 12.7. The van der Waals surface area contributed by atoms with Crippen LogP contribution in [0, 0.1) is 0 Å². The molecule has 0 amide bonds. The number of likely N-dealkylation sites (tertiary alicyclic amines) is 1. The second kappa shape index (κ2) is 7.89. The van der Waals surface area contributed by atoms with E-state index in [4.69, 9.17) is 0 Å². The van der Waals surface area contributed by atoms with E-state index in [0.717, 1.165) is 25.3 Å². The molecule has 2 aliphatic rings. The summed E-state index contributed by atoms with van der Waals surface area (Å²) in [6.45, 7) is 4.41. The van der Waals surface area contributed by atoms with Gasteiger partial charge in [0.05, 0.1) is 6.54 Å². The van der Waals surface area contributed by atoms with Crippen molar-refractivity contribution in [1.29, 1.82) is 0 Å². The van der Waals surface area contributed by atoms with Crippen LogP contribution in [-0.4, -0.2) is 58.3 Å². The van der Waals surface area contributed by atoms with E-state index >= 15 is 0 Å². The summed E-state index contributed by atoms with van der Waals surface area (Å²) in [5.41, 5.74) is 1.44. The molecule has 0 N–H and O–H groups in total. The smallest absolute Gasteiger partial charge is 0.147 e. The maximum Gasteiger partial charge on any atom is 0.147 e. The highest BCUT2D eigenvalue weighted by atomic mass is 15.3. The number of rotatable bonds is 7. The number of hydrogen-bond acceptors (Lipinski definition) is 4. The summed E-state index contributed by atoms with van der Waals surface area (Å²) in [5.74, 6) is 2.98. The minimum absolute atomic E-state index is 0.576. The van der Waals surface area contributed by atoms with Crippen molar-refractivity contribution in [2.45, 2.75) is 50.6 Å². The van der Waals surface area contributed by atoms with E-state index in [2.05, 4.69) is 69.0 Å². The van der Waals surface area contributed by atoms with Gasteiger partial charge in [0.2, 0.25) is 0 Å². The molecule has 1 aromatic heterocycles. The Labute approximate surface area is 157 Å². The van der Waals surface area contributed by atoms with Crippen LogP contribution in [0.5, 0.6) is 0 Å². The predicted octanol–water partition coefficient (Wildman–Crippen LogP) is 3.10. The monoisotopic (exact) mass is 353 g/mol. The first-order valence-electron chi connectivity index (χ1n) is 10.1. The van der Waals surface area contributed by atoms with Crippen molar-refractivity contribution in [2.75, 3.05) is 33.7 Å². The van der Waals surface area contributed by atoms with Crippen molar-refractivity contribution < 1.29 is 0 Å². The van der Waals surface area contributed by atoms with Crippen LogP contribution in [0.3, 0.4) is 0 Å². The number of piperidine rings is 1. The van der Waals surface area contributed by atoms with Gasteiger partial charge >= 0.3 is 0 Å². The zero-order chi connectivity index (χ0) is 17.9. The molecule has 1 saturated heterocycles. The van der Waals surface area contributed by atoms with E-state index in [0.29, 0.717) is 12.0 Å². The van der Waals surface area contributed by atoms with Gasteiger partial charge in [0.1, 0.15) is 11.6 Å². The average Bonchev–Trinajstić information content (AvgIpc) is 3.42. The van der Waals surface area contributed by atoms with Crippen molar-refractivity contribution in [1.82, 2.24) is 24.6 Å². The first kappa shape index (κ1) is 17.7. The number of benzene rings is 1. The standard InChI is InChI=1S/C21H31N5/c1-24(2)16-20-22-23-21(26(20)19-8-9-19)18-11-14-25(15-12-18)13-10-17-6-4-3-5-7-17/h3-7,18-19H,8-16H2,1-2H3. The summed E-state index contributed by atoms with van der Waals surface area (Å²) in [4.78, 5) is 4.81. The van der Waals surface area contributed by atoms with Crippen molar-refractivity contribution in [3.05, 3.63) is 47.5 Å². The Morgan fingerprint density at radius 3 is 2.38 bits per heavy atom. The van der Waals surface area contributed by atoms with Gasteiger partial charge in [-0.1, -0.05) is 30.3 Å². The topological polar surface area (TPSA) is 37.2 Å². The fraction of sp³-hybridized carbons (Fsp3) is 0.619. The van der Waals surface area contributed by atoms with Gasteiger partial charge in [-0.05, 0) is 64.9 Å². The lowest BCUT2D eigenvalue weighted by Crippen LogP contribution is -2.35. The van der Waals surface area contributed by atoms with Gasteiger partial charge in [0.15, 0.2) is 0 Å². The lowest BCUT2D eigenvalue weighted by Gasteiger charge is -2.31. The molecule has 1 aliphatic heterocycles. The highest BCUT2D eigenvalue weighted by Gasteiger charge is 2.33. The van der Waals surface area contributed by atoms with E-state index < -0.39 is 0 Å². The van der Waals surface area contributed by atoms with Crippen LogP contribution in [0.2, 0.25) is 0 Å². The Bertz CT molecular complexity index is 696. The zero-order valence-corrected chi connectivity index (χ0v) is 16.1. The molecule has 0 bridgehead atoms. The number of aromatic nitrogens is 3. The van der Waals surface area contributed by atoms with Gasteiger partial charge in [0.25, 0.3) is 0 Å². The van der Waals surface area contributed by atoms with Gasteiger partial charge in [0, 0.05) is 18.5 Å². The third-order valence-electron chi connectivity index (χ3n) is 5.67. The van der Waals surface area contributed by atoms with Gasteiger partial charge in [-0.25, -0.2) is 0 Å². The number of hydrogen-bond donors (Lipinski definition) is 0. The molecular weight excluding hydrogens is 322 g/mol. The Morgan fingerprint density at radius 1 is 1.00 bits per heavy atom. The molecule has 140 valence electrons. The molecule has 1 saturated carbocycles. The van der Waals surface area contributed by atoms with Gasteiger partial charge in [-0.3, -0.25) is 0 Å². The second-order valence-electron chi connectivity index (χ2n) is 8.16. The number of nitrogens with zero attached hydrogens (tertiary/aromatic N) is 5. The average molecular weight is 354 g/mol. The normalized spacial score (nSPS) is 19.3. The van der Waals surface area contributed by atoms with Gasteiger partial charge < -0.3 is 14.4 Å². The third kappa shape index (κ3) is 4.15. The minimum atomic E-state index is 0.576. The van der Waals surface area contributed by atoms with Crippen molar-refractivity contribution >= 4 is 0 Å². The highest BCUT2D eigenvalue weighted by molar-refractivity contribution is 5.15. The van der Waals surface area contributed by atoms with E-state index in [9.17, 15) is 0 Å². The van der Waals surface area contributed by atoms with Crippen LogP contribution in [0.1, 0.15) is 54.9 Å². The largest absolute Gasteiger partial charge is 0.311 e. The van der Waals surface area contributed by atoms with Crippen LogP contribution in [0.25, 0.3) is 0 Å². The van der Waals surface area contributed by atoms with Crippen molar-refractivity contribution in [2.24, 2.45) is 0 Å². The van der Waals surface area contributed by atoms with E-state index in [1.54, 1.807) is 0 Å². The Morgan fingerprint density at radius 2 is 1.73 bits per heavy atom. The van der Waals surface area contributed by atoms with Crippen LogP contribution in [-0.2, 0) is 13.0 Å². The van der Waals surface area contributed by atoms with E-state index in [1.807, 2.05) is 0 Å². The molecule has 4 rings (SSSR count). The molecule has 5 nitrogen and oxygen atoms in total. The van der Waals surface area contributed by atoms with Crippen LogP contribution in [0.4, 0.5) is 0 Å². The van der Waals surface area contributed by atoms with Crippen LogP contribution < -0.4 is 0 Å². The van der Waals surface area contributed by atoms with E-state index in [1.165, 1.54) is 50.2 Å². The summed E-state index contributed by atoms with van der Waals surface area (Å²) in [6, 6.07) is 11.5. The molecule has 26 heavy (non-hydrogen) atoms. The van der Waals surface area contributed by atoms with Gasteiger partial charge in [-0.15, -0.1) is 10.2 Å². The summed E-state index contributed by atoms with van der Waals surface area (Å²) in [5, 5.41) is 9.19. The summed E-state index contributed by atoms with van der Waals surface area (Å²) < 4.78 is 2.48. The molecule has 0 spiro atoms. The lowest BCUT2D eigenvalue weighted by atomic mass is 9.95. The zero-order valence-electron chi connectivity index (χ0n) is 16.1. The summed E-state index contributed by atoms with van der Waals surface area (Å²) in [7, 11) is 4.22. The molecule has 2 aromatic rings. The molecule has 1 aromatic carbocycles. The van der Waals surface area contributed by atoms with Crippen LogP contribution in [0.15, 0.2) is 30.3 Å². The molecule has 0 unspecified atom stereocenters. The van der Waals surface area contributed by atoms with Crippen LogP contribution >= 0.6 is 0 Å². The maximum atomic E-state index is 4.64. The quantitative estimate of drug-likeness (QED) is 0.766. The summed E-state index contributed by atoms with van der Waals surface area (Å²) >= 11 is 0. The molecule has 1 aliphatic carbocycles. The maximum absolute atomic E-state index is 4.64. The Balaban J connectivity index is 1.35. The Kier molecular flexibility index (Phi) is 5.36. The van der Waals surface area contributed by atoms with Crippen molar-refractivity contribution in [3.63, 3.8) is 0 Å². The first-order valence-corrected chi connectivity index (χ1v) is 10.1. The SMILES string of the molecule is CN(C)Cc1nnc(C2CCN(CCc3ccccc3)CC2)n1C1CC1.